The first-order valence-corrected chi connectivity index (χ1v) is 6.30. The average Bonchev–Trinajstić information content (AvgIpc) is 2.39. The number of rotatable bonds is 4. The van der Waals surface area contributed by atoms with Gasteiger partial charge in [0.25, 0.3) is 0 Å². The van der Waals surface area contributed by atoms with Crippen LogP contribution in [-0.4, -0.2) is 10.9 Å². The maximum Gasteiger partial charge on any atom is 0.169 e. The number of Topliss-reactive ketones (excluding diaryl/α,β-unsaturated/α-hetero) is 1. The molecule has 0 aliphatic rings. The van der Waals surface area contributed by atoms with Gasteiger partial charge >= 0.3 is 0 Å². The Morgan fingerprint density at radius 1 is 1.05 bits per heavy atom. The molecule has 0 heterocycles. The van der Waals surface area contributed by atoms with E-state index in [4.69, 9.17) is 18.0 Å². The molecule has 0 saturated carbocycles. The molecule has 2 aromatic carbocycles. The lowest BCUT2D eigenvalue weighted by Gasteiger charge is -2.09. The van der Waals surface area contributed by atoms with Crippen molar-refractivity contribution in [2.45, 2.75) is 6.42 Å². The average molecular weight is 270 g/mol. The fourth-order valence-electron chi connectivity index (χ4n) is 1.84. The lowest BCUT2D eigenvalue weighted by molar-refractivity contribution is 0.0994. The summed E-state index contributed by atoms with van der Waals surface area (Å²) in [5.74, 6) is 0.0329. The summed E-state index contributed by atoms with van der Waals surface area (Å²) in [6, 6.07) is 16.8. The molecular weight excluding hydrogens is 256 g/mol. The van der Waals surface area contributed by atoms with E-state index in [1.807, 2.05) is 42.5 Å². The molecule has 3 nitrogen and oxygen atoms in total. The number of hydrogen-bond donors (Lipinski definition) is 2. The van der Waals surface area contributed by atoms with Gasteiger partial charge in [-0.3, -0.25) is 4.79 Å². The monoisotopic (exact) mass is 270 g/mol. The number of thiocarbonyl (C=S) groups is 1. The molecule has 0 spiro atoms. The standard InChI is InChI=1S/C15H14N2OS/c16-15(19)17-13-9-5-4-8-12(13)14(18)10-11-6-2-1-3-7-11/h1-9H,10H2,(H3,16,17,19). The van der Waals surface area contributed by atoms with E-state index in [1.54, 1.807) is 12.1 Å². The van der Waals surface area contributed by atoms with Crippen molar-refractivity contribution < 1.29 is 4.79 Å². The number of hydrogen-bond acceptors (Lipinski definition) is 2. The molecular formula is C15H14N2OS. The van der Waals surface area contributed by atoms with Crippen molar-refractivity contribution in [3.63, 3.8) is 0 Å². The molecule has 0 atom stereocenters. The first kappa shape index (κ1) is 13.2. The topological polar surface area (TPSA) is 55.1 Å². The maximum atomic E-state index is 12.3. The SMILES string of the molecule is NC(=S)Nc1ccccc1C(=O)Cc1ccccc1. The predicted octanol–water partition coefficient (Wildman–Crippen LogP) is 2.77. The molecule has 0 aliphatic carbocycles. The number of benzene rings is 2. The minimum atomic E-state index is 0.0329. The van der Waals surface area contributed by atoms with Crippen LogP contribution in [0.4, 0.5) is 5.69 Å². The van der Waals surface area contributed by atoms with Gasteiger partial charge in [0.15, 0.2) is 10.9 Å². The fraction of sp³-hybridized carbons (Fsp3) is 0.0667. The number of nitrogens with two attached hydrogens (primary N) is 1. The molecule has 19 heavy (non-hydrogen) atoms. The first-order valence-electron chi connectivity index (χ1n) is 5.89. The molecule has 0 aromatic heterocycles. The van der Waals surface area contributed by atoms with Crippen molar-refractivity contribution >= 4 is 28.8 Å². The van der Waals surface area contributed by atoms with Crippen molar-refractivity contribution in [3.8, 4) is 0 Å². The molecule has 0 fully saturated rings. The van der Waals surface area contributed by atoms with Crippen LogP contribution in [0.3, 0.4) is 0 Å². The van der Waals surface area contributed by atoms with Crippen LogP contribution in [0.25, 0.3) is 0 Å². The van der Waals surface area contributed by atoms with Crippen molar-refractivity contribution in [3.05, 3.63) is 65.7 Å². The maximum absolute atomic E-state index is 12.3. The van der Waals surface area contributed by atoms with Gasteiger partial charge in [0.1, 0.15) is 0 Å². The van der Waals surface area contributed by atoms with E-state index in [1.165, 1.54) is 0 Å². The number of carbonyl (C=O) groups excluding carboxylic acids is 1. The van der Waals surface area contributed by atoms with E-state index in [2.05, 4.69) is 5.32 Å². The minimum Gasteiger partial charge on any atom is -0.376 e. The quantitative estimate of drug-likeness (QED) is 0.662. The highest BCUT2D eigenvalue weighted by Gasteiger charge is 2.11. The van der Waals surface area contributed by atoms with Crippen molar-refractivity contribution in [1.29, 1.82) is 0 Å². The lowest BCUT2D eigenvalue weighted by Crippen LogP contribution is -2.21. The molecule has 0 saturated heterocycles. The van der Waals surface area contributed by atoms with Gasteiger partial charge in [-0.2, -0.15) is 0 Å². The highest BCUT2D eigenvalue weighted by Crippen LogP contribution is 2.17. The second kappa shape index (κ2) is 6.11. The molecule has 0 unspecified atom stereocenters. The molecule has 2 aromatic rings. The molecule has 0 aliphatic heterocycles. The number of anilines is 1. The number of carbonyl (C=O) groups is 1. The summed E-state index contributed by atoms with van der Waals surface area (Å²) >= 11 is 4.81. The van der Waals surface area contributed by atoms with Gasteiger partial charge in [-0.25, -0.2) is 0 Å². The van der Waals surface area contributed by atoms with E-state index < -0.39 is 0 Å². The Bertz CT molecular complexity index is 596. The number of para-hydroxylation sites is 1. The largest absolute Gasteiger partial charge is 0.376 e. The van der Waals surface area contributed by atoms with Gasteiger partial charge in [-0.1, -0.05) is 42.5 Å². The summed E-state index contributed by atoms with van der Waals surface area (Å²) in [5, 5.41) is 2.98. The molecule has 0 bridgehead atoms. The van der Waals surface area contributed by atoms with Crippen LogP contribution in [0, 0.1) is 0 Å². The van der Waals surface area contributed by atoms with Crippen LogP contribution in [0.1, 0.15) is 15.9 Å². The van der Waals surface area contributed by atoms with E-state index >= 15 is 0 Å². The highest BCUT2D eigenvalue weighted by molar-refractivity contribution is 7.80. The minimum absolute atomic E-state index is 0.0329. The van der Waals surface area contributed by atoms with Gasteiger partial charge in [-0.05, 0) is 29.9 Å². The zero-order chi connectivity index (χ0) is 13.7. The molecule has 2 rings (SSSR count). The Balaban J connectivity index is 2.21. The van der Waals surface area contributed by atoms with Crippen LogP contribution >= 0.6 is 12.2 Å². The third-order valence-electron chi connectivity index (χ3n) is 2.69. The van der Waals surface area contributed by atoms with Gasteiger partial charge in [-0.15, -0.1) is 0 Å². The normalized spacial score (nSPS) is 9.89. The number of nitrogens with one attached hydrogen (secondary N) is 1. The Kier molecular flexibility index (Phi) is 4.26. The van der Waals surface area contributed by atoms with Gasteiger partial charge < -0.3 is 11.1 Å². The molecule has 3 N–H and O–H groups in total. The van der Waals surface area contributed by atoms with E-state index in [9.17, 15) is 4.79 Å². The summed E-state index contributed by atoms with van der Waals surface area (Å²) in [5.41, 5.74) is 7.68. The highest BCUT2D eigenvalue weighted by atomic mass is 32.1. The van der Waals surface area contributed by atoms with Gasteiger partial charge in [0, 0.05) is 12.0 Å². The molecule has 0 amide bonds. The summed E-state index contributed by atoms with van der Waals surface area (Å²) in [7, 11) is 0. The third-order valence-corrected chi connectivity index (χ3v) is 2.79. The molecule has 0 radical (unpaired) electrons. The van der Waals surface area contributed by atoms with Crippen molar-refractivity contribution in [2.24, 2.45) is 5.73 Å². The first-order chi connectivity index (χ1) is 9.16. The summed E-state index contributed by atoms with van der Waals surface area (Å²) < 4.78 is 0. The van der Waals surface area contributed by atoms with Gasteiger partial charge in [0.05, 0.1) is 5.69 Å². The Morgan fingerprint density at radius 3 is 2.37 bits per heavy atom. The van der Waals surface area contributed by atoms with E-state index in [0.717, 1.165) is 5.56 Å². The van der Waals surface area contributed by atoms with Crippen molar-refractivity contribution in [2.75, 3.05) is 5.32 Å². The molecule has 96 valence electrons. The van der Waals surface area contributed by atoms with Crippen LogP contribution in [0.5, 0.6) is 0 Å². The van der Waals surface area contributed by atoms with E-state index in [0.29, 0.717) is 17.7 Å². The second-order valence-corrected chi connectivity index (χ2v) is 4.56. The predicted molar refractivity (Wildman–Crippen MR) is 81.3 cm³/mol. The Morgan fingerprint density at radius 2 is 1.68 bits per heavy atom. The Labute approximate surface area is 117 Å². The van der Waals surface area contributed by atoms with E-state index in [-0.39, 0.29) is 10.9 Å². The van der Waals surface area contributed by atoms with Crippen molar-refractivity contribution in [1.82, 2.24) is 0 Å². The smallest absolute Gasteiger partial charge is 0.169 e. The van der Waals surface area contributed by atoms with Crippen LogP contribution < -0.4 is 11.1 Å². The lowest BCUT2D eigenvalue weighted by atomic mass is 10.0. The summed E-state index contributed by atoms with van der Waals surface area (Å²) in [6.45, 7) is 0. The van der Waals surface area contributed by atoms with Gasteiger partial charge in [0.2, 0.25) is 0 Å². The van der Waals surface area contributed by atoms with Crippen LogP contribution in [-0.2, 0) is 6.42 Å². The van der Waals surface area contributed by atoms with Crippen LogP contribution in [0.2, 0.25) is 0 Å². The summed E-state index contributed by atoms with van der Waals surface area (Å²) in [6.07, 6.45) is 0.358. The zero-order valence-electron chi connectivity index (χ0n) is 10.3. The third kappa shape index (κ3) is 3.63. The van der Waals surface area contributed by atoms with Crippen LogP contribution in [0.15, 0.2) is 54.6 Å². The zero-order valence-corrected chi connectivity index (χ0v) is 11.1. The summed E-state index contributed by atoms with van der Waals surface area (Å²) in [4.78, 5) is 12.3. The Hall–Kier alpha value is -2.20. The second-order valence-electron chi connectivity index (χ2n) is 4.12. The molecule has 4 heteroatoms. The fourth-order valence-corrected chi connectivity index (χ4v) is 1.95. The number of ketones is 1.